The summed E-state index contributed by atoms with van der Waals surface area (Å²) < 4.78 is 65.9. The first kappa shape index (κ1) is 23.8. The molecule has 0 spiro atoms. The van der Waals surface area contributed by atoms with Crippen LogP contribution in [0.5, 0.6) is 0 Å². The molecule has 178 valence electrons. The lowest BCUT2D eigenvalue weighted by atomic mass is 9.95. The molecule has 0 bridgehead atoms. The quantitative estimate of drug-likeness (QED) is 0.653. The second kappa shape index (κ2) is 9.10. The molecular weight excluding hydrogens is 453 g/mol. The number of nitrogens with zero attached hydrogens (tertiary/aromatic N) is 1. The van der Waals surface area contributed by atoms with Crippen LogP contribution in [0.2, 0.25) is 0 Å². The summed E-state index contributed by atoms with van der Waals surface area (Å²) in [6, 6.07) is 11.8. The topological polar surface area (TPSA) is 66.5 Å². The zero-order chi connectivity index (χ0) is 23.8. The van der Waals surface area contributed by atoms with Crippen molar-refractivity contribution >= 4 is 15.9 Å². The van der Waals surface area contributed by atoms with Gasteiger partial charge in [0.25, 0.3) is 0 Å². The molecule has 33 heavy (non-hydrogen) atoms. The summed E-state index contributed by atoms with van der Waals surface area (Å²) in [5, 5.41) is 3.16. The van der Waals surface area contributed by atoms with Crippen molar-refractivity contribution in [1.29, 1.82) is 0 Å². The van der Waals surface area contributed by atoms with E-state index in [1.54, 1.807) is 0 Å². The van der Waals surface area contributed by atoms with Gasteiger partial charge in [-0.15, -0.1) is 0 Å². The normalized spacial score (nSPS) is 19.3. The maximum atomic E-state index is 13.0. The fraction of sp³-hybridized carbons (Fsp3) is 0.458. The van der Waals surface area contributed by atoms with Crippen molar-refractivity contribution in [2.75, 3.05) is 13.1 Å². The highest BCUT2D eigenvalue weighted by Crippen LogP contribution is 2.41. The van der Waals surface area contributed by atoms with Crippen LogP contribution in [0, 0.1) is 18.8 Å². The van der Waals surface area contributed by atoms with Crippen LogP contribution in [0.15, 0.2) is 53.4 Å². The third-order valence-corrected chi connectivity index (χ3v) is 8.35. The average Bonchev–Trinajstić information content (AvgIpc) is 3.63. The monoisotopic (exact) mass is 480 g/mol. The standard InChI is InChI=1S/C24H27F3N2O3S/c1-16-5-7-17(8-6-16)22(18-9-10-18)28-23(30)19-11-13-29(14-12-19)33(31,32)21-4-2-3-20(15-21)24(25,26)27/h2-8,15,18-19,22H,9-14H2,1H3,(H,28,30). The van der Waals surface area contributed by atoms with E-state index >= 15 is 0 Å². The van der Waals surface area contributed by atoms with Gasteiger partial charge < -0.3 is 5.32 Å². The van der Waals surface area contributed by atoms with Crippen LogP contribution in [0.4, 0.5) is 13.2 Å². The Morgan fingerprint density at radius 2 is 1.67 bits per heavy atom. The third kappa shape index (κ3) is 5.41. The number of hydrogen-bond donors (Lipinski definition) is 1. The molecule has 2 aliphatic rings. The zero-order valence-electron chi connectivity index (χ0n) is 18.3. The van der Waals surface area contributed by atoms with E-state index in [9.17, 15) is 26.4 Å². The number of carbonyl (C=O) groups excluding carboxylic acids is 1. The van der Waals surface area contributed by atoms with Gasteiger partial charge in [-0.1, -0.05) is 35.9 Å². The molecule has 1 aliphatic carbocycles. The second-order valence-corrected chi connectivity index (χ2v) is 10.9. The predicted molar refractivity (Wildman–Crippen MR) is 118 cm³/mol. The van der Waals surface area contributed by atoms with Crippen LogP contribution in [-0.2, 0) is 21.0 Å². The van der Waals surface area contributed by atoms with E-state index < -0.39 is 21.8 Å². The number of halogens is 3. The molecule has 2 aromatic rings. The first-order valence-electron chi connectivity index (χ1n) is 11.1. The fourth-order valence-electron chi connectivity index (χ4n) is 4.29. The van der Waals surface area contributed by atoms with Crippen molar-refractivity contribution < 1.29 is 26.4 Å². The molecule has 0 aromatic heterocycles. The van der Waals surface area contributed by atoms with Crippen LogP contribution in [0.25, 0.3) is 0 Å². The minimum Gasteiger partial charge on any atom is -0.349 e. The molecule has 5 nitrogen and oxygen atoms in total. The van der Waals surface area contributed by atoms with E-state index in [1.807, 2.05) is 31.2 Å². The van der Waals surface area contributed by atoms with Gasteiger partial charge in [-0.2, -0.15) is 17.5 Å². The number of rotatable bonds is 6. The lowest BCUT2D eigenvalue weighted by molar-refractivity contribution is -0.137. The molecule has 1 atom stereocenters. The molecule has 0 radical (unpaired) electrons. The van der Waals surface area contributed by atoms with Crippen molar-refractivity contribution in [2.45, 2.75) is 49.7 Å². The minimum atomic E-state index is -4.62. The first-order chi connectivity index (χ1) is 15.6. The Hall–Kier alpha value is -2.39. The van der Waals surface area contributed by atoms with Crippen molar-refractivity contribution in [3.63, 3.8) is 0 Å². The Balaban J connectivity index is 1.40. The maximum absolute atomic E-state index is 13.0. The van der Waals surface area contributed by atoms with E-state index in [-0.39, 0.29) is 35.9 Å². The number of hydrogen-bond acceptors (Lipinski definition) is 3. The summed E-state index contributed by atoms with van der Waals surface area (Å²) in [6.07, 6.45) is -1.84. The number of aryl methyl sites for hydroxylation is 1. The van der Waals surface area contributed by atoms with Gasteiger partial charge in [-0.05, 0) is 62.3 Å². The predicted octanol–water partition coefficient (Wildman–Crippen LogP) is 4.68. The van der Waals surface area contributed by atoms with Crippen LogP contribution >= 0.6 is 0 Å². The van der Waals surface area contributed by atoms with E-state index in [1.165, 1.54) is 10.4 Å². The summed E-state index contributed by atoms with van der Waals surface area (Å²) in [6.45, 7) is 2.19. The fourth-order valence-corrected chi connectivity index (χ4v) is 5.80. The summed E-state index contributed by atoms with van der Waals surface area (Å²) >= 11 is 0. The van der Waals surface area contributed by atoms with Crippen LogP contribution in [0.1, 0.15) is 48.4 Å². The second-order valence-electron chi connectivity index (χ2n) is 8.94. The van der Waals surface area contributed by atoms with E-state index in [0.29, 0.717) is 24.8 Å². The molecule has 1 aliphatic heterocycles. The summed E-state index contributed by atoms with van der Waals surface area (Å²) in [5.74, 6) is -0.00807. The smallest absolute Gasteiger partial charge is 0.349 e. The van der Waals surface area contributed by atoms with Crippen molar-refractivity contribution in [2.24, 2.45) is 11.8 Å². The molecule has 1 N–H and O–H groups in total. The highest BCUT2D eigenvalue weighted by Gasteiger charge is 2.38. The van der Waals surface area contributed by atoms with Crippen molar-refractivity contribution in [3.05, 3.63) is 65.2 Å². The number of carbonyl (C=O) groups is 1. The van der Waals surface area contributed by atoms with Gasteiger partial charge in [0, 0.05) is 19.0 Å². The SMILES string of the molecule is Cc1ccc(C(NC(=O)C2CCN(S(=O)(=O)c3cccc(C(F)(F)F)c3)CC2)C2CC2)cc1. The summed E-state index contributed by atoms with van der Waals surface area (Å²) in [5.41, 5.74) is 1.22. The maximum Gasteiger partial charge on any atom is 0.416 e. The summed E-state index contributed by atoms with van der Waals surface area (Å²) in [4.78, 5) is 12.6. The lowest BCUT2D eigenvalue weighted by Gasteiger charge is -2.31. The van der Waals surface area contributed by atoms with Gasteiger partial charge >= 0.3 is 6.18 Å². The Labute approximate surface area is 192 Å². The number of sulfonamides is 1. The van der Waals surface area contributed by atoms with E-state index in [0.717, 1.165) is 36.1 Å². The number of amides is 1. The van der Waals surface area contributed by atoms with Gasteiger partial charge in [0.2, 0.25) is 15.9 Å². The molecule has 1 heterocycles. The molecule has 2 aromatic carbocycles. The van der Waals surface area contributed by atoms with Gasteiger partial charge in [-0.25, -0.2) is 8.42 Å². The number of nitrogens with one attached hydrogen (secondary N) is 1. The van der Waals surface area contributed by atoms with Crippen molar-refractivity contribution in [1.82, 2.24) is 9.62 Å². The van der Waals surface area contributed by atoms with E-state index in [4.69, 9.17) is 0 Å². The lowest BCUT2D eigenvalue weighted by Crippen LogP contribution is -2.44. The van der Waals surface area contributed by atoms with E-state index in [2.05, 4.69) is 5.32 Å². The Morgan fingerprint density at radius 1 is 1.03 bits per heavy atom. The first-order valence-corrected chi connectivity index (χ1v) is 12.5. The van der Waals surface area contributed by atoms with Gasteiger partial charge in [0.05, 0.1) is 16.5 Å². The van der Waals surface area contributed by atoms with Gasteiger partial charge in [0.1, 0.15) is 0 Å². The molecule has 2 fully saturated rings. The minimum absolute atomic E-state index is 0.0510. The highest BCUT2D eigenvalue weighted by atomic mass is 32.2. The number of alkyl halides is 3. The highest BCUT2D eigenvalue weighted by molar-refractivity contribution is 7.89. The third-order valence-electron chi connectivity index (χ3n) is 6.45. The summed E-state index contributed by atoms with van der Waals surface area (Å²) in [7, 11) is -4.07. The Kier molecular flexibility index (Phi) is 6.55. The molecule has 1 amide bonds. The molecule has 1 saturated heterocycles. The van der Waals surface area contributed by atoms with Crippen LogP contribution in [0.3, 0.4) is 0 Å². The Morgan fingerprint density at radius 3 is 2.24 bits per heavy atom. The van der Waals surface area contributed by atoms with Gasteiger partial charge in [0.15, 0.2) is 0 Å². The van der Waals surface area contributed by atoms with Gasteiger partial charge in [-0.3, -0.25) is 4.79 Å². The number of benzene rings is 2. The largest absolute Gasteiger partial charge is 0.416 e. The van der Waals surface area contributed by atoms with Crippen LogP contribution in [-0.4, -0.2) is 31.7 Å². The molecule has 9 heteroatoms. The van der Waals surface area contributed by atoms with Crippen molar-refractivity contribution in [3.8, 4) is 0 Å². The Bertz CT molecular complexity index is 1100. The molecular formula is C24H27F3N2O3S. The average molecular weight is 481 g/mol. The zero-order valence-corrected chi connectivity index (χ0v) is 19.1. The number of piperidine rings is 1. The molecule has 1 saturated carbocycles. The van der Waals surface area contributed by atoms with Crippen LogP contribution < -0.4 is 5.32 Å². The molecule has 4 rings (SSSR count). The molecule has 1 unspecified atom stereocenters.